The minimum atomic E-state index is 0. The predicted molar refractivity (Wildman–Crippen MR) is 104 cm³/mol. The van der Waals surface area contributed by atoms with Crippen LogP contribution in [0.5, 0.6) is 0 Å². The zero-order valence-electron chi connectivity index (χ0n) is 14.8. The minimum absolute atomic E-state index is 0. The molecule has 2 aliphatic heterocycles. The van der Waals surface area contributed by atoms with Crippen molar-refractivity contribution < 1.29 is 4.79 Å². The molecule has 3 nitrogen and oxygen atoms in total. The lowest BCUT2D eigenvalue weighted by Gasteiger charge is -2.39. The highest BCUT2D eigenvalue weighted by Crippen LogP contribution is 2.37. The van der Waals surface area contributed by atoms with Crippen molar-refractivity contribution >= 4 is 30.1 Å². The van der Waals surface area contributed by atoms with Gasteiger partial charge in [-0.3, -0.25) is 4.79 Å². The first kappa shape index (κ1) is 19.6. The van der Waals surface area contributed by atoms with Crippen LogP contribution in [-0.2, 0) is 4.79 Å². The molecule has 0 aliphatic carbocycles. The lowest BCUT2D eigenvalue weighted by molar-refractivity contribution is -0.132. The number of amides is 1. The molecule has 1 N–H and O–H groups in total. The molecule has 1 aromatic rings. The van der Waals surface area contributed by atoms with Gasteiger partial charge in [-0.1, -0.05) is 6.07 Å². The number of benzene rings is 1. The summed E-state index contributed by atoms with van der Waals surface area (Å²) in [6, 6.07) is 6.55. The highest BCUT2D eigenvalue weighted by Gasteiger charge is 2.37. The van der Waals surface area contributed by atoms with Crippen LogP contribution in [0.3, 0.4) is 0 Å². The second-order valence-electron chi connectivity index (χ2n) is 7.15. The van der Waals surface area contributed by atoms with Crippen LogP contribution >= 0.6 is 24.2 Å². The molecule has 0 bridgehead atoms. The van der Waals surface area contributed by atoms with Gasteiger partial charge in [0.25, 0.3) is 0 Å². The van der Waals surface area contributed by atoms with Gasteiger partial charge in [0.1, 0.15) is 0 Å². The van der Waals surface area contributed by atoms with Gasteiger partial charge in [0.2, 0.25) is 5.91 Å². The van der Waals surface area contributed by atoms with Gasteiger partial charge < -0.3 is 10.2 Å². The Labute approximate surface area is 156 Å². The highest BCUT2D eigenvalue weighted by atomic mass is 35.5. The summed E-state index contributed by atoms with van der Waals surface area (Å²) in [7, 11) is 0. The third kappa shape index (κ3) is 4.68. The van der Waals surface area contributed by atoms with E-state index in [0.717, 1.165) is 31.9 Å². The number of halogens is 1. The first-order valence-electron chi connectivity index (χ1n) is 8.77. The van der Waals surface area contributed by atoms with Crippen LogP contribution in [0.1, 0.15) is 36.8 Å². The van der Waals surface area contributed by atoms with Crippen molar-refractivity contribution in [3.63, 3.8) is 0 Å². The topological polar surface area (TPSA) is 32.3 Å². The minimum Gasteiger partial charge on any atom is -0.343 e. The second kappa shape index (κ2) is 8.59. The quantitative estimate of drug-likeness (QED) is 0.820. The Balaban J connectivity index is 0.00000208. The summed E-state index contributed by atoms with van der Waals surface area (Å²) >= 11 is 1.80. The number of piperidine rings is 1. The molecule has 0 aromatic heterocycles. The van der Waals surface area contributed by atoms with Gasteiger partial charge in [-0.05, 0) is 68.3 Å². The summed E-state index contributed by atoms with van der Waals surface area (Å²) in [5.74, 6) is 1.21. The largest absolute Gasteiger partial charge is 0.343 e. The van der Waals surface area contributed by atoms with E-state index in [0.29, 0.717) is 17.7 Å². The van der Waals surface area contributed by atoms with E-state index in [1.54, 1.807) is 11.8 Å². The SMILES string of the molecule is Cc1ccc(SCCC(=O)N2CCC3(CCNC3)CC2)cc1C.Cl. The molecule has 2 fully saturated rings. The Morgan fingerprint density at radius 3 is 2.58 bits per heavy atom. The maximum absolute atomic E-state index is 12.4. The normalized spacial score (nSPS) is 19.3. The smallest absolute Gasteiger partial charge is 0.223 e. The van der Waals surface area contributed by atoms with E-state index in [-0.39, 0.29) is 12.4 Å². The molecular formula is C19H29ClN2OS. The summed E-state index contributed by atoms with van der Waals surface area (Å²) < 4.78 is 0. The Morgan fingerprint density at radius 2 is 1.96 bits per heavy atom. The van der Waals surface area contributed by atoms with E-state index in [4.69, 9.17) is 0 Å². The molecule has 2 saturated heterocycles. The number of carbonyl (C=O) groups is 1. The molecule has 3 rings (SSSR count). The first-order valence-corrected chi connectivity index (χ1v) is 9.75. The molecule has 0 radical (unpaired) electrons. The Kier molecular flexibility index (Phi) is 7.02. The second-order valence-corrected chi connectivity index (χ2v) is 8.32. The molecule has 0 unspecified atom stereocenters. The third-order valence-electron chi connectivity index (χ3n) is 5.57. The van der Waals surface area contributed by atoms with Crippen LogP contribution in [0.25, 0.3) is 0 Å². The number of thioether (sulfide) groups is 1. The number of hydrogen-bond acceptors (Lipinski definition) is 3. The molecule has 1 spiro atoms. The molecule has 2 heterocycles. The van der Waals surface area contributed by atoms with E-state index < -0.39 is 0 Å². The fourth-order valence-electron chi connectivity index (χ4n) is 3.67. The molecular weight excluding hydrogens is 340 g/mol. The number of rotatable bonds is 4. The van der Waals surface area contributed by atoms with Crippen LogP contribution in [0.15, 0.2) is 23.1 Å². The molecule has 0 saturated carbocycles. The first-order chi connectivity index (χ1) is 11.1. The van der Waals surface area contributed by atoms with Crippen molar-refractivity contribution in [1.29, 1.82) is 0 Å². The molecule has 1 aromatic carbocycles. The van der Waals surface area contributed by atoms with Crippen LogP contribution in [-0.4, -0.2) is 42.7 Å². The van der Waals surface area contributed by atoms with E-state index in [2.05, 4.69) is 42.3 Å². The summed E-state index contributed by atoms with van der Waals surface area (Å²) in [6.07, 6.45) is 4.30. The van der Waals surface area contributed by atoms with Crippen LogP contribution in [0.4, 0.5) is 0 Å². The zero-order chi connectivity index (χ0) is 16.3. The van der Waals surface area contributed by atoms with E-state index in [1.165, 1.54) is 35.3 Å². The molecule has 2 aliphatic rings. The van der Waals surface area contributed by atoms with Crippen molar-refractivity contribution in [2.45, 2.75) is 44.4 Å². The average Bonchev–Trinajstić information content (AvgIpc) is 2.99. The van der Waals surface area contributed by atoms with Gasteiger partial charge in [-0.2, -0.15) is 0 Å². The number of likely N-dealkylation sites (tertiary alicyclic amines) is 1. The number of nitrogens with one attached hydrogen (secondary N) is 1. The zero-order valence-corrected chi connectivity index (χ0v) is 16.4. The number of nitrogens with zero attached hydrogens (tertiary/aromatic N) is 1. The molecule has 134 valence electrons. The van der Waals surface area contributed by atoms with Crippen molar-refractivity contribution in [2.24, 2.45) is 5.41 Å². The van der Waals surface area contributed by atoms with Crippen LogP contribution in [0.2, 0.25) is 0 Å². The number of carbonyl (C=O) groups excluding carboxylic acids is 1. The fraction of sp³-hybridized carbons (Fsp3) is 0.632. The Hall–Kier alpha value is -0.710. The summed E-state index contributed by atoms with van der Waals surface area (Å²) in [4.78, 5) is 15.8. The van der Waals surface area contributed by atoms with Crippen LogP contribution in [0, 0.1) is 19.3 Å². The molecule has 5 heteroatoms. The third-order valence-corrected chi connectivity index (χ3v) is 6.57. The lowest BCUT2D eigenvalue weighted by atomic mass is 9.78. The predicted octanol–water partition coefficient (Wildman–Crippen LogP) is 3.81. The van der Waals surface area contributed by atoms with Gasteiger partial charge in [-0.15, -0.1) is 24.2 Å². The van der Waals surface area contributed by atoms with Crippen molar-refractivity contribution in [1.82, 2.24) is 10.2 Å². The molecule has 24 heavy (non-hydrogen) atoms. The van der Waals surface area contributed by atoms with E-state index in [1.807, 2.05) is 0 Å². The lowest BCUT2D eigenvalue weighted by Crippen LogP contribution is -2.44. The standard InChI is InChI=1S/C19H28N2OS.ClH/c1-15-3-4-17(13-16(15)2)23-12-5-18(22)21-10-7-19(8-11-21)6-9-20-14-19;/h3-4,13,20H,5-12,14H2,1-2H3;1H. The average molecular weight is 369 g/mol. The van der Waals surface area contributed by atoms with Gasteiger partial charge in [0, 0.05) is 36.7 Å². The summed E-state index contributed by atoms with van der Waals surface area (Å²) in [6.45, 7) is 8.49. The van der Waals surface area contributed by atoms with Crippen molar-refractivity contribution in [2.75, 3.05) is 31.9 Å². The van der Waals surface area contributed by atoms with Gasteiger partial charge in [0.15, 0.2) is 0 Å². The van der Waals surface area contributed by atoms with Crippen molar-refractivity contribution in [3.8, 4) is 0 Å². The maximum atomic E-state index is 12.4. The maximum Gasteiger partial charge on any atom is 0.223 e. The number of hydrogen-bond donors (Lipinski definition) is 1. The van der Waals surface area contributed by atoms with Gasteiger partial charge in [-0.25, -0.2) is 0 Å². The number of aryl methyl sites for hydroxylation is 2. The molecule has 1 amide bonds. The molecule has 0 atom stereocenters. The Bertz CT molecular complexity index is 562. The van der Waals surface area contributed by atoms with Crippen LogP contribution < -0.4 is 5.32 Å². The fourth-order valence-corrected chi connectivity index (χ4v) is 4.61. The Morgan fingerprint density at radius 1 is 1.21 bits per heavy atom. The van der Waals surface area contributed by atoms with Crippen molar-refractivity contribution in [3.05, 3.63) is 29.3 Å². The van der Waals surface area contributed by atoms with Gasteiger partial charge in [0.05, 0.1) is 0 Å². The van der Waals surface area contributed by atoms with E-state index in [9.17, 15) is 4.79 Å². The monoisotopic (exact) mass is 368 g/mol. The summed E-state index contributed by atoms with van der Waals surface area (Å²) in [5.41, 5.74) is 3.15. The summed E-state index contributed by atoms with van der Waals surface area (Å²) in [5, 5.41) is 3.48. The highest BCUT2D eigenvalue weighted by molar-refractivity contribution is 7.99. The van der Waals surface area contributed by atoms with Gasteiger partial charge >= 0.3 is 0 Å². The van der Waals surface area contributed by atoms with E-state index >= 15 is 0 Å².